The second-order valence-corrected chi connectivity index (χ2v) is 8.62. The first-order valence-corrected chi connectivity index (χ1v) is 8.86. The molecule has 3 rings (SSSR count). The highest BCUT2D eigenvalue weighted by molar-refractivity contribution is 7.93. The minimum absolute atomic E-state index is 0.0628. The number of Topliss-reactive ketones (excluding diaryl/α,β-unsaturated/α-hetero) is 1. The monoisotopic (exact) mass is 350 g/mol. The number of ketones is 1. The lowest BCUT2D eigenvalue weighted by Gasteiger charge is -2.27. The van der Waals surface area contributed by atoms with Crippen molar-refractivity contribution < 1.29 is 30.8 Å². The smallest absolute Gasteiger partial charge is 0.294 e. The average molecular weight is 350 g/mol. The van der Waals surface area contributed by atoms with Crippen molar-refractivity contribution in [3.8, 4) is 0 Å². The first-order chi connectivity index (χ1) is 10.6. The molecular formula is C15H14F4O3S. The van der Waals surface area contributed by atoms with Crippen molar-refractivity contribution in [3.63, 3.8) is 0 Å². The standard InChI is InChI=1S/C15H14F4O3S/c16-13-11(2-1-3-12(13)15(17,18)19)14(20)8-6-9-4-5-10(7-8)23(9,21)22/h1-3,8-10H,4-7H2. The van der Waals surface area contributed by atoms with E-state index in [0.717, 1.165) is 12.1 Å². The van der Waals surface area contributed by atoms with Gasteiger partial charge in [-0.2, -0.15) is 13.2 Å². The van der Waals surface area contributed by atoms with E-state index in [0.29, 0.717) is 18.9 Å². The van der Waals surface area contributed by atoms with E-state index in [9.17, 15) is 30.8 Å². The largest absolute Gasteiger partial charge is 0.419 e. The van der Waals surface area contributed by atoms with Gasteiger partial charge in [0.05, 0.1) is 21.6 Å². The molecule has 23 heavy (non-hydrogen) atoms. The van der Waals surface area contributed by atoms with Crippen LogP contribution in [0.2, 0.25) is 0 Å². The van der Waals surface area contributed by atoms with Crippen LogP contribution in [0.3, 0.4) is 0 Å². The molecule has 2 aliphatic rings. The Labute approximate surface area is 130 Å². The van der Waals surface area contributed by atoms with Gasteiger partial charge < -0.3 is 0 Å². The summed E-state index contributed by atoms with van der Waals surface area (Å²) < 4.78 is 76.3. The highest BCUT2D eigenvalue weighted by atomic mass is 32.2. The van der Waals surface area contributed by atoms with E-state index in [1.165, 1.54) is 0 Å². The fraction of sp³-hybridized carbons (Fsp3) is 0.533. The summed E-state index contributed by atoms with van der Waals surface area (Å²) in [6, 6.07) is 2.60. The van der Waals surface area contributed by atoms with Crippen LogP contribution in [0, 0.1) is 11.7 Å². The molecule has 1 aromatic rings. The molecule has 8 heteroatoms. The maximum atomic E-state index is 14.1. The number of benzene rings is 1. The molecule has 0 aromatic heterocycles. The Morgan fingerprint density at radius 1 is 1.09 bits per heavy atom. The van der Waals surface area contributed by atoms with Gasteiger partial charge in [-0.1, -0.05) is 6.07 Å². The topological polar surface area (TPSA) is 51.2 Å². The van der Waals surface area contributed by atoms with Crippen LogP contribution in [-0.2, 0) is 16.0 Å². The molecule has 2 aliphatic heterocycles. The van der Waals surface area contributed by atoms with Crippen LogP contribution in [0.4, 0.5) is 17.6 Å². The molecule has 0 spiro atoms. The minimum atomic E-state index is -4.88. The summed E-state index contributed by atoms with van der Waals surface area (Å²) in [7, 11) is -3.25. The second kappa shape index (κ2) is 5.29. The molecule has 2 atom stereocenters. The Morgan fingerprint density at radius 3 is 2.17 bits per heavy atom. The summed E-state index contributed by atoms with van der Waals surface area (Å²) in [5.74, 6) is -3.06. The Kier molecular flexibility index (Phi) is 3.78. The van der Waals surface area contributed by atoms with Gasteiger partial charge in [0, 0.05) is 5.92 Å². The molecule has 3 nitrogen and oxygen atoms in total. The van der Waals surface area contributed by atoms with E-state index in [1.54, 1.807) is 0 Å². The maximum Gasteiger partial charge on any atom is 0.419 e. The van der Waals surface area contributed by atoms with Crippen molar-refractivity contribution in [1.29, 1.82) is 0 Å². The van der Waals surface area contributed by atoms with Crippen molar-refractivity contribution in [1.82, 2.24) is 0 Å². The number of halogens is 4. The molecule has 2 fully saturated rings. The van der Waals surface area contributed by atoms with Gasteiger partial charge in [0.15, 0.2) is 15.6 Å². The van der Waals surface area contributed by atoms with Crippen molar-refractivity contribution in [2.45, 2.75) is 42.4 Å². The number of carbonyl (C=O) groups is 1. The van der Waals surface area contributed by atoms with E-state index in [2.05, 4.69) is 0 Å². The third-order valence-electron chi connectivity index (χ3n) is 4.78. The highest BCUT2D eigenvalue weighted by Gasteiger charge is 2.49. The lowest BCUT2D eigenvalue weighted by molar-refractivity contribution is -0.140. The minimum Gasteiger partial charge on any atom is -0.294 e. The van der Waals surface area contributed by atoms with Gasteiger partial charge in [-0.05, 0) is 37.8 Å². The SMILES string of the molecule is O=C(c1cccc(C(F)(F)F)c1F)C1CC2CCC(C1)S2(=O)=O. The fourth-order valence-corrected chi connectivity index (χ4v) is 6.06. The van der Waals surface area contributed by atoms with Gasteiger partial charge in [0.25, 0.3) is 0 Å². The zero-order chi connectivity index (χ0) is 17.0. The van der Waals surface area contributed by atoms with Crippen LogP contribution in [0.25, 0.3) is 0 Å². The Balaban J connectivity index is 1.91. The van der Waals surface area contributed by atoms with Crippen molar-refractivity contribution in [2.75, 3.05) is 0 Å². The van der Waals surface area contributed by atoms with Crippen LogP contribution in [0.15, 0.2) is 18.2 Å². The highest BCUT2D eigenvalue weighted by Crippen LogP contribution is 2.42. The Morgan fingerprint density at radius 2 is 1.65 bits per heavy atom. The molecule has 0 N–H and O–H groups in total. The quantitative estimate of drug-likeness (QED) is 0.607. The van der Waals surface area contributed by atoms with Crippen molar-refractivity contribution in [2.24, 2.45) is 5.92 Å². The molecule has 0 radical (unpaired) electrons. The van der Waals surface area contributed by atoms with E-state index in [-0.39, 0.29) is 12.8 Å². The van der Waals surface area contributed by atoms with Crippen LogP contribution in [-0.4, -0.2) is 24.7 Å². The predicted molar refractivity (Wildman–Crippen MR) is 74.2 cm³/mol. The fourth-order valence-electron chi connectivity index (χ4n) is 3.58. The van der Waals surface area contributed by atoms with Crippen molar-refractivity contribution >= 4 is 15.6 Å². The summed E-state index contributed by atoms with van der Waals surface area (Å²) in [6.07, 6.45) is -3.83. The van der Waals surface area contributed by atoms with E-state index >= 15 is 0 Å². The number of sulfone groups is 1. The number of rotatable bonds is 2. The summed E-state index contributed by atoms with van der Waals surface area (Å²) >= 11 is 0. The van der Waals surface area contributed by atoms with Gasteiger partial charge in [-0.25, -0.2) is 12.8 Å². The molecular weight excluding hydrogens is 336 g/mol. The predicted octanol–water partition coefficient (Wildman–Crippen LogP) is 3.38. The van der Waals surface area contributed by atoms with E-state index < -0.39 is 55.2 Å². The zero-order valence-electron chi connectivity index (χ0n) is 11.9. The number of fused-ring (bicyclic) bond motifs is 2. The van der Waals surface area contributed by atoms with Gasteiger partial charge in [-0.3, -0.25) is 4.79 Å². The number of hydrogen-bond acceptors (Lipinski definition) is 3. The summed E-state index contributed by atoms with van der Waals surface area (Å²) in [6.45, 7) is 0. The van der Waals surface area contributed by atoms with Crippen molar-refractivity contribution in [3.05, 3.63) is 35.1 Å². The molecule has 2 unspecified atom stereocenters. The van der Waals surface area contributed by atoms with Gasteiger partial charge >= 0.3 is 6.18 Å². The molecule has 2 saturated heterocycles. The lowest BCUT2D eigenvalue weighted by Crippen LogP contribution is -2.36. The number of carbonyl (C=O) groups excluding carboxylic acids is 1. The van der Waals surface area contributed by atoms with Crippen LogP contribution >= 0.6 is 0 Å². The number of alkyl halides is 3. The van der Waals surface area contributed by atoms with Crippen LogP contribution in [0.5, 0.6) is 0 Å². The molecule has 0 aliphatic carbocycles. The normalized spacial score (nSPS) is 29.5. The summed E-state index contributed by atoms with van der Waals surface area (Å²) in [5, 5.41) is -1.27. The Bertz CT molecular complexity index is 734. The molecule has 0 amide bonds. The molecule has 1 aromatic carbocycles. The molecule has 2 heterocycles. The van der Waals surface area contributed by atoms with E-state index in [4.69, 9.17) is 0 Å². The summed E-state index contributed by atoms with van der Waals surface area (Å²) in [4.78, 5) is 12.4. The summed E-state index contributed by atoms with van der Waals surface area (Å²) in [5.41, 5.74) is -2.08. The lowest BCUT2D eigenvalue weighted by atomic mass is 9.89. The molecule has 2 bridgehead atoms. The molecule has 0 saturated carbocycles. The van der Waals surface area contributed by atoms with E-state index in [1.807, 2.05) is 0 Å². The van der Waals surface area contributed by atoms with Gasteiger partial charge in [0.1, 0.15) is 5.82 Å². The third kappa shape index (κ3) is 2.66. The zero-order valence-corrected chi connectivity index (χ0v) is 12.8. The second-order valence-electron chi connectivity index (χ2n) is 6.11. The Hall–Kier alpha value is -1.44. The first kappa shape index (κ1) is 16.4. The molecule has 126 valence electrons. The van der Waals surface area contributed by atoms with Crippen LogP contribution in [0.1, 0.15) is 41.6 Å². The third-order valence-corrected chi connectivity index (χ3v) is 7.49. The maximum absolute atomic E-state index is 14.1. The van der Waals surface area contributed by atoms with Gasteiger partial charge in [-0.15, -0.1) is 0 Å². The first-order valence-electron chi connectivity index (χ1n) is 7.25. The number of hydrogen-bond donors (Lipinski definition) is 0. The average Bonchev–Trinajstić information content (AvgIpc) is 2.65. The van der Waals surface area contributed by atoms with Crippen LogP contribution < -0.4 is 0 Å². The van der Waals surface area contributed by atoms with Gasteiger partial charge in [0.2, 0.25) is 0 Å².